The molecule has 20 heavy (non-hydrogen) atoms. The molecule has 2 fully saturated rings. The van der Waals surface area contributed by atoms with Crippen molar-refractivity contribution in [3.8, 4) is 0 Å². The summed E-state index contributed by atoms with van der Waals surface area (Å²) in [6.45, 7) is 6.93. The van der Waals surface area contributed by atoms with E-state index in [2.05, 4.69) is 42.3 Å². The third kappa shape index (κ3) is 2.73. The molecule has 0 bridgehead atoms. The minimum atomic E-state index is 0.195. The highest BCUT2D eigenvalue weighted by atomic mass is 16.2. The van der Waals surface area contributed by atoms with Crippen molar-refractivity contribution in [1.82, 2.24) is 10.2 Å². The Kier molecular flexibility index (Phi) is 3.79. The summed E-state index contributed by atoms with van der Waals surface area (Å²) in [6.07, 6.45) is 3.35. The first kappa shape index (κ1) is 13.6. The molecule has 0 spiro atoms. The van der Waals surface area contributed by atoms with Gasteiger partial charge in [-0.25, -0.2) is 0 Å². The van der Waals surface area contributed by atoms with Crippen molar-refractivity contribution in [3.63, 3.8) is 0 Å². The molecule has 1 unspecified atom stereocenters. The number of hydrogen-bond donors (Lipinski definition) is 1. The lowest BCUT2D eigenvalue weighted by Crippen LogP contribution is -2.38. The van der Waals surface area contributed by atoms with E-state index in [1.807, 2.05) is 0 Å². The van der Waals surface area contributed by atoms with Crippen LogP contribution in [0.25, 0.3) is 0 Å². The highest BCUT2D eigenvalue weighted by molar-refractivity contribution is 5.80. The molecule has 2 aliphatic rings. The molecule has 3 heteroatoms. The summed E-state index contributed by atoms with van der Waals surface area (Å²) in [5, 5.41) is 3.30. The Morgan fingerprint density at radius 2 is 2.10 bits per heavy atom. The lowest BCUT2D eigenvalue weighted by Gasteiger charge is -2.26. The first-order valence-corrected chi connectivity index (χ1v) is 7.73. The zero-order valence-electron chi connectivity index (χ0n) is 12.5. The smallest absolute Gasteiger partial charge is 0.227 e. The zero-order valence-corrected chi connectivity index (χ0v) is 12.5. The van der Waals surface area contributed by atoms with Gasteiger partial charge in [-0.05, 0) is 56.3 Å². The number of aryl methyl sites for hydroxylation is 1. The van der Waals surface area contributed by atoms with Gasteiger partial charge in [0, 0.05) is 19.1 Å². The van der Waals surface area contributed by atoms with E-state index in [1.165, 1.54) is 29.5 Å². The van der Waals surface area contributed by atoms with Crippen LogP contribution in [-0.4, -0.2) is 29.9 Å². The largest absolute Gasteiger partial charge is 0.335 e. The van der Waals surface area contributed by atoms with Crippen LogP contribution in [0, 0.1) is 19.8 Å². The normalized spacial score (nSPS) is 22.0. The maximum absolute atomic E-state index is 12.7. The number of carbonyl (C=O) groups excluding carboxylic acids is 1. The fraction of sp³-hybridized carbons (Fsp3) is 0.588. The molecule has 0 radical (unpaired) electrons. The van der Waals surface area contributed by atoms with Gasteiger partial charge in [-0.15, -0.1) is 0 Å². The van der Waals surface area contributed by atoms with Crippen molar-refractivity contribution < 1.29 is 4.79 Å². The summed E-state index contributed by atoms with van der Waals surface area (Å²) in [5.41, 5.74) is 3.94. The van der Waals surface area contributed by atoms with E-state index in [0.717, 1.165) is 26.1 Å². The molecule has 1 aliphatic carbocycles. The second kappa shape index (κ2) is 5.57. The first-order valence-electron chi connectivity index (χ1n) is 7.73. The predicted molar refractivity (Wildman–Crippen MR) is 80.5 cm³/mol. The molecule has 108 valence electrons. The van der Waals surface area contributed by atoms with Gasteiger partial charge in [0.2, 0.25) is 5.91 Å². The summed E-state index contributed by atoms with van der Waals surface area (Å²) in [4.78, 5) is 14.9. The van der Waals surface area contributed by atoms with Crippen LogP contribution in [0.1, 0.15) is 36.0 Å². The third-order valence-corrected chi connectivity index (χ3v) is 4.74. The molecule has 3 rings (SSSR count). The zero-order chi connectivity index (χ0) is 14.1. The second-order valence-corrected chi connectivity index (χ2v) is 6.25. The van der Waals surface area contributed by atoms with Gasteiger partial charge in [-0.3, -0.25) is 4.79 Å². The lowest BCUT2D eigenvalue weighted by atomic mass is 10.0. The average molecular weight is 272 g/mol. The number of benzene rings is 1. The topological polar surface area (TPSA) is 32.3 Å². The summed E-state index contributed by atoms with van der Waals surface area (Å²) >= 11 is 0. The van der Waals surface area contributed by atoms with Gasteiger partial charge in [-0.2, -0.15) is 0 Å². The Morgan fingerprint density at radius 3 is 2.75 bits per heavy atom. The highest BCUT2D eigenvalue weighted by Gasteiger charge is 2.36. The first-order chi connectivity index (χ1) is 9.66. The molecule has 1 amide bonds. The number of hydrogen-bond acceptors (Lipinski definition) is 2. The van der Waals surface area contributed by atoms with Crippen molar-refractivity contribution in [3.05, 3.63) is 34.9 Å². The van der Waals surface area contributed by atoms with Gasteiger partial charge in [0.1, 0.15) is 0 Å². The molecule has 1 saturated carbocycles. The Bertz CT molecular complexity index is 502. The number of nitrogens with one attached hydrogen (secondary N) is 1. The molecule has 1 aromatic carbocycles. The van der Waals surface area contributed by atoms with Crippen molar-refractivity contribution >= 4 is 5.91 Å². The summed E-state index contributed by atoms with van der Waals surface area (Å²) in [5.74, 6) is 0.555. The van der Waals surface area contributed by atoms with Gasteiger partial charge in [0.15, 0.2) is 0 Å². The van der Waals surface area contributed by atoms with Gasteiger partial charge < -0.3 is 10.2 Å². The monoisotopic (exact) mass is 272 g/mol. The minimum absolute atomic E-state index is 0.195. The standard InChI is InChI=1S/C17H24N2O/c1-12-4-3-5-15(13(12)2)11-19(16-6-7-16)17(20)14-8-9-18-10-14/h3-5,14,16,18H,6-11H2,1-2H3. The molecular weight excluding hydrogens is 248 g/mol. The van der Waals surface area contributed by atoms with Crippen LogP contribution in [0.2, 0.25) is 0 Å². The van der Waals surface area contributed by atoms with Gasteiger partial charge in [-0.1, -0.05) is 18.2 Å². The van der Waals surface area contributed by atoms with Crippen molar-refractivity contribution in [2.75, 3.05) is 13.1 Å². The quantitative estimate of drug-likeness (QED) is 0.913. The second-order valence-electron chi connectivity index (χ2n) is 6.25. The van der Waals surface area contributed by atoms with Crippen molar-refractivity contribution in [2.24, 2.45) is 5.92 Å². The average Bonchev–Trinajstić information content (AvgIpc) is 3.13. The van der Waals surface area contributed by atoms with Crippen molar-refractivity contribution in [2.45, 2.75) is 45.7 Å². The summed E-state index contributed by atoms with van der Waals surface area (Å²) in [6, 6.07) is 6.90. The number of carbonyl (C=O) groups is 1. The Hall–Kier alpha value is -1.35. The Morgan fingerprint density at radius 1 is 1.30 bits per heavy atom. The van der Waals surface area contributed by atoms with Crippen molar-refractivity contribution in [1.29, 1.82) is 0 Å². The van der Waals surface area contributed by atoms with Crippen LogP contribution in [0.4, 0.5) is 0 Å². The van der Waals surface area contributed by atoms with Crippen LogP contribution in [0.15, 0.2) is 18.2 Å². The SMILES string of the molecule is Cc1cccc(CN(C(=O)C2CCNC2)C2CC2)c1C. The lowest BCUT2D eigenvalue weighted by molar-refractivity contribution is -0.136. The number of amides is 1. The predicted octanol–water partition coefficient (Wildman–Crippen LogP) is 2.40. The molecule has 0 aromatic heterocycles. The minimum Gasteiger partial charge on any atom is -0.335 e. The number of nitrogens with zero attached hydrogens (tertiary/aromatic N) is 1. The number of rotatable bonds is 4. The van der Waals surface area contributed by atoms with Gasteiger partial charge in [0.25, 0.3) is 0 Å². The van der Waals surface area contributed by atoms with E-state index < -0.39 is 0 Å². The van der Waals surface area contributed by atoms with Crippen LogP contribution in [0.3, 0.4) is 0 Å². The fourth-order valence-electron chi connectivity index (χ4n) is 3.04. The third-order valence-electron chi connectivity index (χ3n) is 4.74. The van der Waals surface area contributed by atoms with E-state index in [9.17, 15) is 4.79 Å². The van der Waals surface area contributed by atoms with Gasteiger partial charge in [0.05, 0.1) is 5.92 Å². The maximum atomic E-state index is 12.7. The maximum Gasteiger partial charge on any atom is 0.227 e. The fourth-order valence-corrected chi connectivity index (χ4v) is 3.04. The Balaban J connectivity index is 1.77. The van der Waals surface area contributed by atoms with E-state index in [4.69, 9.17) is 0 Å². The molecule has 1 heterocycles. The molecule has 1 aromatic rings. The molecule has 1 saturated heterocycles. The Labute approximate surface area is 121 Å². The molecular formula is C17H24N2O. The van der Waals surface area contributed by atoms with Crippen LogP contribution < -0.4 is 5.32 Å². The molecule has 1 N–H and O–H groups in total. The van der Waals surface area contributed by atoms with Gasteiger partial charge >= 0.3 is 0 Å². The van der Waals surface area contributed by atoms with E-state index >= 15 is 0 Å². The summed E-state index contributed by atoms with van der Waals surface area (Å²) in [7, 11) is 0. The summed E-state index contributed by atoms with van der Waals surface area (Å²) < 4.78 is 0. The van der Waals surface area contributed by atoms with Crippen LogP contribution >= 0.6 is 0 Å². The van der Waals surface area contributed by atoms with Crippen LogP contribution in [0.5, 0.6) is 0 Å². The van der Waals surface area contributed by atoms with E-state index in [-0.39, 0.29) is 5.92 Å². The molecule has 1 atom stereocenters. The van der Waals surface area contributed by atoms with E-state index in [1.54, 1.807) is 0 Å². The van der Waals surface area contributed by atoms with E-state index in [0.29, 0.717) is 11.9 Å². The highest BCUT2D eigenvalue weighted by Crippen LogP contribution is 2.31. The molecule has 1 aliphatic heterocycles. The van der Waals surface area contributed by atoms with Crippen LogP contribution in [-0.2, 0) is 11.3 Å². The molecule has 3 nitrogen and oxygen atoms in total.